The Balaban J connectivity index is 1.82. The average Bonchev–Trinajstić information content (AvgIpc) is 2.54. The molecule has 0 saturated carbocycles. The maximum absolute atomic E-state index is 5.78. The Kier molecular flexibility index (Phi) is 6.78. The molecule has 0 fully saturated rings. The zero-order valence-electron chi connectivity index (χ0n) is 12.5. The first kappa shape index (κ1) is 15.5. The van der Waals surface area contributed by atoms with Crippen LogP contribution in [0.2, 0.25) is 0 Å². The van der Waals surface area contributed by atoms with E-state index >= 15 is 0 Å². The van der Waals surface area contributed by atoms with Crippen LogP contribution < -0.4 is 10.1 Å². The molecule has 2 aromatic carbocycles. The fourth-order valence-electron chi connectivity index (χ4n) is 2.08. The molecule has 0 aliphatic carbocycles. The summed E-state index contributed by atoms with van der Waals surface area (Å²) in [5, 5.41) is 3.45. The van der Waals surface area contributed by atoms with Gasteiger partial charge in [-0.25, -0.2) is 0 Å². The minimum absolute atomic E-state index is 0.587. The van der Waals surface area contributed by atoms with E-state index in [1.54, 1.807) is 0 Å². The van der Waals surface area contributed by atoms with Crippen LogP contribution in [0.25, 0.3) is 0 Å². The third-order valence-electron chi connectivity index (χ3n) is 3.15. The summed E-state index contributed by atoms with van der Waals surface area (Å²) in [5.41, 5.74) is 2.46. The molecule has 0 saturated heterocycles. The molecule has 21 heavy (non-hydrogen) atoms. The molecule has 0 spiro atoms. The molecular weight excluding hydrogens is 262 g/mol. The van der Waals surface area contributed by atoms with Gasteiger partial charge in [-0.1, -0.05) is 48.5 Å². The standard InChI is InChI=1S/C18H23NO2/c1-2-20-12-13-21-18-11-7-6-10-17(18)15-19-14-16-8-4-3-5-9-16/h3-11,19H,2,12-15H2,1H3. The highest BCUT2D eigenvalue weighted by Crippen LogP contribution is 2.17. The van der Waals surface area contributed by atoms with Crippen LogP contribution in [0, 0.1) is 0 Å². The lowest BCUT2D eigenvalue weighted by Gasteiger charge is -2.12. The van der Waals surface area contributed by atoms with Crippen molar-refractivity contribution in [3.8, 4) is 5.75 Å². The Labute approximate surface area is 126 Å². The minimum atomic E-state index is 0.587. The average molecular weight is 285 g/mol. The smallest absolute Gasteiger partial charge is 0.123 e. The normalized spacial score (nSPS) is 10.5. The van der Waals surface area contributed by atoms with E-state index in [0.717, 1.165) is 25.4 Å². The number of nitrogens with one attached hydrogen (secondary N) is 1. The lowest BCUT2D eigenvalue weighted by molar-refractivity contribution is 0.110. The Morgan fingerprint density at radius 1 is 0.857 bits per heavy atom. The van der Waals surface area contributed by atoms with Crippen molar-refractivity contribution in [1.29, 1.82) is 0 Å². The first-order valence-corrected chi connectivity index (χ1v) is 7.43. The Morgan fingerprint density at radius 3 is 2.43 bits per heavy atom. The molecule has 112 valence electrons. The third-order valence-corrected chi connectivity index (χ3v) is 3.15. The second-order valence-corrected chi connectivity index (χ2v) is 4.74. The van der Waals surface area contributed by atoms with Crippen LogP contribution in [-0.2, 0) is 17.8 Å². The van der Waals surface area contributed by atoms with Gasteiger partial charge in [0, 0.05) is 25.3 Å². The minimum Gasteiger partial charge on any atom is -0.491 e. The monoisotopic (exact) mass is 285 g/mol. The molecule has 2 aromatic rings. The van der Waals surface area contributed by atoms with Gasteiger partial charge in [-0.2, -0.15) is 0 Å². The fourth-order valence-corrected chi connectivity index (χ4v) is 2.08. The number of ether oxygens (including phenoxy) is 2. The first-order chi connectivity index (χ1) is 10.4. The second kappa shape index (κ2) is 9.16. The topological polar surface area (TPSA) is 30.5 Å². The lowest BCUT2D eigenvalue weighted by atomic mass is 10.2. The van der Waals surface area contributed by atoms with Crippen LogP contribution in [0.5, 0.6) is 5.75 Å². The summed E-state index contributed by atoms with van der Waals surface area (Å²) < 4.78 is 11.1. The molecule has 1 N–H and O–H groups in total. The molecule has 0 aliphatic rings. The van der Waals surface area contributed by atoms with Crippen molar-refractivity contribution in [2.45, 2.75) is 20.0 Å². The van der Waals surface area contributed by atoms with Crippen molar-refractivity contribution in [1.82, 2.24) is 5.32 Å². The van der Waals surface area contributed by atoms with Gasteiger partial charge < -0.3 is 14.8 Å². The Hall–Kier alpha value is -1.84. The highest BCUT2D eigenvalue weighted by atomic mass is 16.5. The number of rotatable bonds is 9. The molecule has 0 bridgehead atoms. The largest absolute Gasteiger partial charge is 0.491 e. The van der Waals surface area contributed by atoms with Crippen molar-refractivity contribution in [2.24, 2.45) is 0 Å². The van der Waals surface area contributed by atoms with Gasteiger partial charge in [-0.3, -0.25) is 0 Å². The van der Waals surface area contributed by atoms with Crippen molar-refractivity contribution in [3.05, 3.63) is 65.7 Å². The molecule has 2 rings (SSSR count). The maximum atomic E-state index is 5.78. The van der Waals surface area contributed by atoms with Crippen LogP contribution in [0.4, 0.5) is 0 Å². The fraction of sp³-hybridized carbons (Fsp3) is 0.333. The van der Waals surface area contributed by atoms with E-state index in [1.807, 2.05) is 31.2 Å². The summed E-state index contributed by atoms with van der Waals surface area (Å²) in [7, 11) is 0. The van der Waals surface area contributed by atoms with E-state index in [0.29, 0.717) is 13.2 Å². The molecular formula is C18H23NO2. The number of para-hydroxylation sites is 1. The highest BCUT2D eigenvalue weighted by molar-refractivity contribution is 5.33. The Morgan fingerprint density at radius 2 is 1.62 bits per heavy atom. The molecule has 0 unspecified atom stereocenters. The zero-order valence-corrected chi connectivity index (χ0v) is 12.5. The summed E-state index contributed by atoms with van der Waals surface area (Å²) in [6.07, 6.45) is 0. The Bertz CT molecular complexity index is 514. The molecule has 0 aromatic heterocycles. The van der Waals surface area contributed by atoms with E-state index < -0.39 is 0 Å². The molecule has 0 amide bonds. The number of hydrogen-bond donors (Lipinski definition) is 1. The molecule has 3 heteroatoms. The first-order valence-electron chi connectivity index (χ1n) is 7.43. The van der Waals surface area contributed by atoms with Crippen molar-refractivity contribution in [3.63, 3.8) is 0 Å². The van der Waals surface area contributed by atoms with Gasteiger partial charge in [0.25, 0.3) is 0 Å². The van der Waals surface area contributed by atoms with Crippen LogP contribution in [0.1, 0.15) is 18.1 Å². The highest BCUT2D eigenvalue weighted by Gasteiger charge is 2.02. The van der Waals surface area contributed by atoms with E-state index in [2.05, 4.69) is 35.6 Å². The molecule has 0 aliphatic heterocycles. The molecule has 0 radical (unpaired) electrons. The predicted octanol–water partition coefficient (Wildman–Crippen LogP) is 3.39. The summed E-state index contributed by atoms with van der Waals surface area (Å²) in [5.74, 6) is 0.928. The summed E-state index contributed by atoms with van der Waals surface area (Å²) in [6, 6.07) is 18.5. The lowest BCUT2D eigenvalue weighted by Crippen LogP contribution is -2.14. The van der Waals surface area contributed by atoms with Crippen LogP contribution in [0.15, 0.2) is 54.6 Å². The van der Waals surface area contributed by atoms with E-state index in [1.165, 1.54) is 11.1 Å². The zero-order chi connectivity index (χ0) is 14.8. The van der Waals surface area contributed by atoms with Crippen LogP contribution in [-0.4, -0.2) is 19.8 Å². The predicted molar refractivity (Wildman–Crippen MR) is 85.4 cm³/mol. The van der Waals surface area contributed by atoms with Gasteiger partial charge in [0.05, 0.1) is 6.61 Å². The SMILES string of the molecule is CCOCCOc1ccccc1CNCc1ccccc1. The maximum Gasteiger partial charge on any atom is 0.123 e. The molecule has 0 atom stereocenters. The quantitative estimate of drug-likeness (QED) is 0.716. The number of hydrogen-bond acceptors (Lipinski definition) is 3. The van der Waals surface area contributed by atoms with Crippen LogP contribution in [0.3, 0.4) is 0 Å². The van der Waals surface area contributed by atoms with Crippen molar-refractivity contribution >= 4 is 0 Å². The van der Waals surface area contributed by atoms with Gasteiger partial charge in [0.2, 0.25) is 0 Å². The van der Waals surface area contributed by atoms with Gasteiger partial charge in [-0.05, 0) is 18.6 Å². The van der Waals surface area contributed by atoms with Gasteiger partial charge in [0.1, 0.15) is 12.4 Å². The summed E-state index contributed by atoms with van der Waals surface area (Å²) in [6.45, 7) is 5.57. The third kappa shape index (κ3) is 5.58. The van der Waals surface area contributed by atoms with Gasteiger partial charge in [0.15, 0.2) is 0 Å². The van der Waals surface area contributed by atoms with E-state index in [9.17, 15) is 0 Å². The molecule has 3 nitrogen and oxygen atoms in total. The second-order valence-electron chi connectivity index (χ2n) is 4.74. The van der Waals surface area contributed by atoms with Crippen molar-refractivity contribution in [2.75, 3.05) is 19.8 Å². The van der Waals surface area contributed by atoms with E-state index in [4.69, 9.17) is 9.47 Å². The molecule has 0 heterocycles. The number of benzene rings is 2. The van der Waals surface area contributed by atoms with Gasteiger partial charge >= 0.3 is 0 Å². The van der Waals surface area contributed by atoms with Crippen molar-refractivity contribution < 1.29 is 9.47 Å². The van der Waals surface area contributed by atoms with Crippen LogP contribution >= 0.6 is 0 Å². The van der Waals surface area contributed by atoms with Gasteiger partial charge in [-0.15, -0.1) is 0 Å². The summed E-state index contributed by atoms with van der Waals surface area (Å²) >= 11 is 0. The van der Waals surface area contributed by atoms with E-state index in [-0.39, 0.29) is 0 Å². The summed E-state index contributed by atoms with van der Waals surface area (Å²) in [4.78, 5) is 0.